The zero-order chi connectivity index (χ0) is 27.5. The molecule has 204 valence electrons. The first-order valence-electron chi connectivity index (χ1n) is 12.0. The number of amides is 3. The van der Waals surface area contributed by atoms with Crippen molar-refractivity contribution in [2.75, 3.05) is 13.2 Å². The van der Waals surface area contributed by atoms with E-state index in [9.17, 15) is 34.5 Å². The number of carbonyl (C=O) groups excluding carboxylic acids is 3. The van der Waals surface area contributed by atoms with E-state index in [1.807, 2.05) is 24.3 Å². The van der Waals surface area contributed by atoms with E-state index in [2.05, 4.69) is 20.9 Å². The van der Waals surface area contributed by atoms with Crippen LogP contribution in [0.4, 0.5) is 0 Å². The molecule has 0 saturated heterocycles. The highest BCUT2D eigenvalue weighted by Crippen LogP contribution is 2.19. The van der Waals surface area contributed by atoms with Crippen LogP contribution in [0.3, 0.4) is 0 Å². The number of aromatic amines is 1. The summed E-state index contributed by atoms with van der Waals surface area (Å²) >= 11 is 0. The van der Waals surface area contributed by atoms with Gasteiger partial charge in [-0.2, -0.15) is 0 Å². The molecule has 0 saturated carbocycles. The third-order valence-corrected chi connectivity index (χ3v) is 5.89. The summed E-state index contributed by atoms with van der Waals surface area (Å²) in [6, 6.07) is 2.21. The summed E-state index contributed by atoms with van der Waals surface area (Å²) in [4.78, 5) is 53.2. The second-order valence-corrected chi connectivity index (χ2v) is 8.82. The van der Waals surface area contributed by atoms with Crippen LogP contribution in [0.5, 0.6) is 0 Å². The van der Waals surface area contributed by atoms with Gasteiger partial charge in [-0.3, -0.25) is 14.4 Å². The zero-order valence-electron chi connectivity index (χ0n) is 20.6. The van der Waals surface area contributed by atoms with E-state index in [-0.39, 0.29) is 12.8 Å². The maximum Gasteiger partial charge on any atom is 0.328 e. The van der Waals surface area contributed by atoms with Crippen LogP contribution in [0.1, 0.15) is 31.7 Å². The Morgan fingerprint density at radius 1 is 1.00 bits per heavy atom. The van der Waals surface area contributed by atoms with Gasteiger partial charge in [0, 0.05) is 23.5 Å². The average Bonchev–Trinajstić information content (AvgIpc) is 3.27. The van der Waals surface area contributed by atoms with Crippen molar-refractivity contribution in [2.45, 2.75) is 62.9 Å². The maximum absolute atomic E-state index is 13.3. The van der Waals surface area contributed by atoms with Gasteiger partial charge in [0.2, 0.25) is 17.7 Å². The Bertz CT molecular complexity index is 1070. The normalized spacial score (nSPS) is 15.3. The summed E-state index contributed by atoms with van der Waals surface area (Å²) in [5.41, 5.74) is 12.7. The summed E-state index contributed by atoms with van der Waals surface area (Å²) < 4.78 is 0. The van der Waals surface area contributed by atoms with Crippen molar-refractivity contribution in [3.05, 3.63) is 36.0 Å². The van der Waals surface area contributed by atoms with Gasteiger partial charge in [0.1, 0.15) is 18.1 Å². The number of aliphatic carboxylic acids is 1. The van der Waals surface area contributed by atoms with Gasteiger partial charge in [0.25, 0.3) is 0 Å². The van der Waals surface area contributed by atoms with Crippen LogP contribution in [0, 0.1) is 0 Å². The number of hydrogen-bond acceptors (Lipinski definition) is 8. The Kier molecular flexibility index (Phi) is 11.5. The molecule has 2 aromatic rings. The number of carboxylic acids is 1. The fraction of sp³-hybridized carbons (Fsp3) is 0.500. The van der Waals surface area contributed by atoms with Gasteiger partial charge in [0.15, 0.2) is 6.04 Å². The second kappa shape index (κ2) is 14.3. The smallest absolute Gasteiger partial charge is 0.328 e. The monoisotopic (exact) mass is 520 g/mol. The molecule has 13 heteroatoms. The number of unbranched alkanes of at least 4 members (excludes halogenated alkanes) is 1. The van der Waals surface area contributed by atoms with Gasteiger partial charge in [0.05, 0.1) is 12.7 Å². The van der Waals surface area contributed by atoms with Crippen LogP contribution in [-0.4, -0.2) is 87.4 Å². The minimum absolute atomic E-state index is 0.0439. The maximum atomic E-state index is 13.3. The van der Waals surface area contributed by atoms with E-state index in [0.717, 1.165) is 16.5 Å². The second-order valence-electron chi connectivity index (χ2n) is 8.82. The molecule has 0 spiro atoms. The van der Waals surface area contributed by atoms with Crippen molar-refractivity contribution in [3.8, 4) is 0 Å². The minimum Gasteiger partial charge on any atom is -0.480 e. The number of carbonyl (C=O) groups is 4. The third-order valence-electron chi connectivity index (χ3n) is 5.89. The number of aromatic nitrogens is 1. The van der Waals surface area contributed by atoms with Crippen molar-refractivity contribution in [1.82, 2.24) is 20.9 Å². The molecule has 0 aliphatic rings. The highest BCUT2D eigenvalue weighted by atomic mass is 16.4. The molecule has 1 aromatic heterocycles. The molecule has 5 unspecified atom stereocenters. The van der Waals surface area contributed by atoms with Crippen LogP contribution >= 0.6 is 0 Å². The van der Waals surface area contributed by atoms with E-state index < -0.39 is 60.6 Å². The van der Waals surface area contributed by atoms with Crippen LogP contribution in [0.2, 0.25) is 0 Å². The molecule has 13 nitrogen and oxygen atoms in total. The molecular formula is C24H36N6O7. The van der Waals surface area contributed by atoms with E-state index in [1.54, 1.807) is 6.20 Å². The van der Waals surface area contributed by atoms with Gasteiger partial charge >= 0.3 is 5.97 Å². The predicted octanol–water partition coefficient (Wildman–Crippen LogP) is -1.92. The molecule has 0 aliphatic heterocycles. The zero-order valence-corrected chi connectivity index (χ0v) is 20.6. The molecule has 0 fully saturated rings. The number of fused-ring (bicyclic) bond motifs is 1. The number of hydrogen-bond donors (Lipinski definition) is 9. The Balaban J connectivity index is 2.28. The highest BCUT2D eigenvalue weighted by molar-refractivity contribution is 5.95. The Labute approximate surface area is 214 Å². The summed E-state index contributed by atoms with van der Waals surface area (Å²) in [6.07, 6.45) is 1.52. The fourth-order valence-electron chi connectivity index (χ4n) is 3.77. The molecule has 0 radical (unpaired) electrons. The first-order chi connectivity index (χ1) is 17.6. The Hall–Kier alpha value is -3.52. The molecular weight excluding hydrogens is 484 g/mol. The molecule has 37 heavy (non-hydrogen) atoms. The van der Waals surface area contributed by atoms with Crippen molar-refractivity contribution in [2.24, 2.45) is 11.5 Å². The number of carboxylic acid groups (broad SMARTS) is 1. The van der Waals surface area contributed by atoms with Gasteiger partial charge in [-0.25, -0.2) is 4.79 Å². The molecule has 11 N–H and O–H groups in total. The highest BCUT2D eigenvalue weighted by Gasteiger charge is 2.32. The number of H-pyrrole nitrogens is 1. The Morgan fingerprint density at radius 2 is 1.65 bits per heavy atom. The molecule has 3 amide bonds. The fourth-order valence-corrected chi connectivity index (χ4v) is 3.77. The number of nitrogens with two attached hydrogens (primary N) is 2. The predicted molar refractivity (Wildman–Crippen MR) is 135 cm³/mol. The van der Waals surface area contributed by atoms with E-state index in [0.29, 0.717) is 19.4 Å². The number of para-hydroxylation sites is 1. The molecule has 1 heterocycles. The molecule has 1 aromatic carbocycles. The SMILES string of the molecule is CC(O)C(NC(=O)C(CCCCN)NC(=O)C(Cc1c[nH]c2ccccc12)NC(=O)C(N)CO)C(=O)O. The van der Waals surface area contributed by atoms with E-state index in [4.69, 9.17) is 11.5 Å². The Morgan fingerprint density at radius 3 is 2.27 bits per heavy atom. The quantitative estimate of drug-likeness (QED) is 0.119. The lowest BCUT2D eigenvalue weighted by atomic mass is 10.0. The van der Waals surface area contributed by atoms with Crippen molar-refractivity contribution < 1.29 is 34.5 Å². The van der Waals surface area contributed by atoms with Crippen LogP contribution in [-0.2, 0) is 25.6 Å². The van der Waals surface area contributed by atoms with E-state index in [1.165, 1.54) is 6.92 Å². The first kappa shape index (κ1) is 29.7. The van der Waals surface area contributed by atoms with Crippen LogP contribution in [0.25, 0.3) is 10.9 Å². The van der Waals surface area contributed by atoms with Gasteiger partial charge in [-0.1, -0.05) is 18.2 Å². The summed E-state index contributed by atoms with van der Waals surface area (Å²) in [5.74, 6) is -3.70. The lowest BCUT2D eigenvalue weighted by Crippen LogP contribution is -2.58. The van der Waals surface area contributed by atoms with Gasteiger partial charge in [-0.05, 0) is 44.4 Å². The number of benzene rings is 1. The largest absolute Gasteiger partial charge is 0.480 e. The van der Waals surface area contributed by atoms with Crippen LogP contribution in [0.15, 0.2) is 30.5 Å². The lowest BCUT2D eigenvalue weighted by molar-refractivity contribution is -0.145. The number of aliphatic hydroxyl groups excluding tert-OH is 2. The third kappa shape index (κ3) is 8.53. The van der Waals surface area contributed by atoms with E-state index >= 15 is 0 Å². The van der Waals surface area contributed by atoms with Crippen molar-refractivity contribution in [3.63, 3.8) is 0 Å². The topological polar surface area (TPSA) is 233 Å². The van der Waals surface area contributed by atoms with Gasteiger partial charge < -0.3 is 47.7 Å². The summed E-state index contributed by atoms with van der Waals surface area (Å²) in [6.45, 7) is 0.942. The number of nitrogens with one attached hydrogen (secondary N) is 4. The lowest BCUT2D eigenvalue weighted by Gasteiger charge is -2.25. The first-order valence-corrected chi connectivity index (χ1v) is 12.0. The summed E-state index contributed by atoms with van der Waals surface area (Å²) in [5, 5.41) is 36.5. The van der Waals surface area contributed by atoms with Gasteiger partial charge in [-0.15, -0.1) is 0 Å². The van der Waals surface area contributed by atoms with Crippen molar-refractivity contribution in [1.29, 1.82) is 0 Å². The summed E-state index contributed by atoms with van der Waals surface area (Å²) in [7, 11) is 0. The molecule has 0 bridgehead atoms. The molecule has 0 aliphatic carbocycles. The molecule has 5 atom stereocenters. The number of aliphatic hydroxyl groups is 2. The average molecular weight is 521 g/mol. The standard InChI is InChI=1S/C24H36N6O7/c1-13(32)20(24(36)37)30-22(34)18(8-4-5-9-25)28-23(35)19(29-21(33)16(26)12-31)10-14-11-27-17-7-3-2-6-15(14)17/h2-3,6-7,11,13,16,18-20,27,31-32H,4-5,8-10,12,25-26H2,1H3,(H,28,35)(H,29,33)(H,30,34)(H,36,37). The number of rotatable bonds is 15. The molecule has 2 rings (SSSR count). The minimum atomic E-state index is -1.58. The van der Waals surface area contributed by atoms with Crippen LogP contribution < -0.4 is 27.4 Å². The van der Waals surface area contributed by atoms with Crippen molar-refractivity contribution >= 4 is 34.6 Å².